The minimum absolute atomic E-state index is 0.00267. The standard InChI is InChI=1S/C18H16N4O4/c1-21-16-8-7-15(26-2)9-13(16)10-17(21)18(23)20-19-11-12-3-5-14(6-4-12)22(24)25/h3-11H,1-2H3,(H,20,23)/b19-11+. The molecule has 132 valence electrons. The third-order valence-corrected chi connectivity index (χ3v) is 3.97. The third kappa shape index (κ3) is 3.39. The minimum atomic E-state index is -0.474. The Hall–Kier alpha value is -3.68. The lowest BCUT2D eigenvalue weighted by Gasteiger charge is -2.03. The van der Waals surface area contributed by atoms with Crippen molar-refractivity contribution >= 4 is 28.7 Å². The van der Waals surface area contributed by atoms with Gasteiger partial charge in [-0.25, -0.2) is 5.43 Å². The maximum Gasteiger partial charge on any atom is 0.287 e. The maximum atomic E-state index is 12.4. The van der Waals surface area contributed by atoms with Gasteiger partial charge in [-0.05, 0) is 42.0 Å². The van der Waals surface area contributed by atoms with Crippen LogP contribution < -0.4 is 10.2 Å². The zero-order valence-electron chi connectivity index (χ0n) is 14.2. The topological polar surface area (TPSA) is 98.8 Å². The van der Waals surface area contributed by atoms with E-state index in [-0.39, 0.29) is 11.6 Å². The molecule has 3 rings (SSSR count). The predicted octanol–water partition coefficient (Wildman–Crippen LogP) is 2.86. The molecular formula is C18H16N4O4. The van der Waals surface area contributed by atoms with Crippen molar-refractivity contribution in [2.45, 2.75) is 0 Å². The number of aryl methyl sites for hydroxylation is 1. The van der Waals surface area contributed by atoms with Crippen LogP contribution in [0.2, 0.25) is 0 Å². The molecule has 1 amide bonds. The molecule has 0 aliphatic carbocycles. The molecule has 2 aromatic carbocycles. The Balaban J connectivity index is 1.74. The Labute approximate surface area is 148 Å². The number of ether oxygens (including phenoxy) is 1. The summed E-state index contributed by atoms with van der Waals surface area (Å²) >= 11 is 0. The fourth-order valence-electron chi connectivity index (χ4n) is 2.58. The van der Waals surface area contributed by atoms with Crippen LogP contribution in [0, 0.1) is 10.1 Å². The van der Waals surface area contributed by atoms with Gasteiger partial charge in [-0.1, -0.05) is 0 Å². The number of nitro benzene ring substituents is 1. The number of nitro groups is 1. The van der Waals surface area contributed by atoms with Gasteiger partial charge in [0.15, 0.2) is 0 Å². The smallest absolute Gasteiger partial charge is 0.287 e. The zero-order valence-corrected chi connectivity index (χ0v) is 14.2. The van der Waals surface area contributed by atoms with Gasteiger partial charge in [0.2, 0.25) is 0 Å². The quantitative estimate of drug-likeness (QED) is 0.433. The van der Waals surface area contributed by atoms with Crippen molar-refractivity contribution in [2.24, 2.45) is 12.1 Å². The average Bonchev–Trinajstić information content (AvgIpc) is 2.98. The number of benzene rings is 2. The van der Waals surface area contributed by atoms with Gasteiger partial charge in [-0.15, -0.1) is 0 Å². The number of carbonyl (C=O) groups excluding carboxylic acids is 1. The second-order valence-electron chi connectivity index (χ2n) is 5.56. The van der Waals surface area contributed by atoms with Gasteiger partial charge in [-0.3, -0.25) is 14.9 Å². The number of hydrogen-bond donors (Lipinski definition) is 1. The molecule has 0 saturated heterocycles. The fourth-order valence-corrected chi connectivity index (χ4v) is 2.58. The Morgan fingerprint density at radius 2 is 1.96 bits per heavy atom. The van der Waals surface area contributed by atoms with Gasteiger partial charge in [0.1, 0.15) is 11.4 Å². The number of methoxy groups -OCH3 is 1. The lowest BCUT2D eigenvalue weighted by Crippen LogP contribution is -2.20. The summed E-state index contributed by atoms with van der Waals surface area (Å²) in [6.45, 7) is 0. The van der Waals surface area contributed by atoms with Crippen molar-refractivity contribution in [2.75, 3.05) is 7.11 Å². The molecule has 8 nitrogen and oxygen atoms in total. The molecule has 1 heterocycles. The second-order valence-corrected chi connectivity index (χ2v) is 5.56. The first-order chi connectivity index (χ1) is 12.5. The van der Waals surface area contributed by atoms with Crippen LogP contribution in [0.5, 0.6) is 5.75 Å². The molecule has 1 aromatic heterocycles. The molecule has 0 radical (unpaired) electrons. The maximum absolute atomic E-state index is 12.4. The molecular weight excluding hydrogens is 336 g/mol. The summed E-state index contributed by atoms with van der Waals surface area (Å²) in [5.74, 6) is 0.354. The first-order valence-electron chi connectivity index (χ1n) is 7.71. The van der Waals surface area contributed by atoms with Crippen LogP contribution in [0.25, 0.3) is 10.9 Å². The number of hydrogen-bond acceptors (Lipinski definition) is 5. The lowest BCUT2D eigenvalue weighted by molar-refractivity contribution is -0.384. The number of non-ortho nitro benzene ring substituents is 1. The predicted molar refractivity (Wildman–Crippen MR) is 97.6 cm³/mol. The van der Waals surface area contributed by atoms with Crippen molar-refractivity contribution in [1.29, 1.82) is 0 Å². The summed E-state index contributed by atoms with van der Waals surface area (Å²) in [4.78, 5) is 22.5. The van der Waals surface area contributed by atoms with E-state index in [4.69, 9.17) is 4.74 Å². The number of aromatic nitrogens is 1. The summed E-state index contributed by atoms with van der Waals surface area (Å²) in [5, 5.41) is 15.4. The van der Waals surface area contributed by atoms with Crippen LogP contribution in [0.3, 0.4) is 0 Å². The van der Waals surface area contributed by atoms with E-state index in [0.29, 0.717) is 17.0 Å². The highest BCUT2D eigenvalue weighted by atomic mass is 16.6. The minimum Gasteiger partial charge on any atom is -0.497 e. The molecule has 0 unspecified atom stereocenters. The first kappa shape index (κ1) is 17.2. The van der Waals surface area contributed by atoms with Crippen molar-refractivity contribution in [3.63, 3.8) is 0 Å². The fraction of sp³-hybridized carbons (Fsp3) is 0.111. The Morgan fingerprint density at radius 1 is 1.23 bits per heavy atom. The molecule has 0 atom stereocenters. The molecule has 0 fully saturated rings. The highest BCUT2D eigenvalue weighted by Gasteiger charge is 2.13. The number of amides is 1. The van der Waals surface area contributed by atoms with Crippen LogP contribution in [0.1, 0.15) is 16.1 Å². The summed E-state index contributed by atoms with van der Waals surface area (Å²) in [6.07, 6.45) is 1.42. The Bertz CT molecular complexity index is 1010. The summed E-state index contributed by atoms with van der Waals surface area (Å²) in [7, 11) is 3.38. The first-order valence-corrected chi connectivity index (χ1v) is 7.71. The number of rotatable bonds is 5. The number of nitrogens with one attached hydrogen (secondary N) is 1. The van der Waals surface area contributed by atoms with Gasteiger partial charge < -0.3 is 9.30 Å². The number of nitrogens with zero attached hydrogens (tertiary/aromatic N) is 3. The Kier molecular flexibility index (Phi) is 4.66. The van der Waals surface area contributed by atoms with E-state index in [1.54, 1.807) is 36.9 Å². The molecule has 0 aliphatic heterocycles. The van der Waals surface area contributed by atoms with Crippen molar-refractivity contribution in [3.8, 4) is 5.75 Å². The van der Waals surface area contributed by atoms with E-state index in [1.165, 1.54) is 18.3 Å². The van der Waals surface area contributed by atoms with Gasteiger partial charge >= 0.3 is 0 Å². The van der Waals surface area contributed by atoms with Gasteiger partial charge in [-0.2, -0.15) is 5.10 Å². The van der Waals surface area contributed by atoms with Crippen LogP contribution >= 0.6 is 0 Å². The van der Waals surface area contributed by atoms with E-state index in [2.05, 4.69) is 10.5 Å². The van der Waals surface area contributed by atoms with E-state index < -0.39 is 4.92 Å². The molecule has 3 aromatic rings. The van der Waals surface area contributed by atoms with Gasteiger partial charge in [0.25, 0.3) is 11.6 Å². The number of fused-ring (bicyclic) bond motifs is 1. The highest BCUT2D eigenvalue weighted by Crippen LogP contribution is 2.23. The Morgan fingerprint density at radius 3 is 2.62 bits per heavy atom. The number of hydrazone groups is 1. The summed E-state index contributed by atoms with van der Waals surface area (Å²) < 4.78 is 6.96. The summed E-state index contributed by atoms with van der Waals surface area (Å²) in [5.41, 5.74) is 4.45. The van der Waals surface area contributed by atoms with Crippen LogP contribution in [0.15, 0.2) is 53.6 Å². The largest absolute Gasteiger partial charge is 0.497 e. The monoisotopic (exact) mass is 352 g/mol. The van der Waals surface area contributed by atoms with E-state index in [9.17, 15) is 14.9 Å². The van der Waals surface area contributed by atoms with Gasteiger partial charge in [0, 0.05) is 30.1 Å². The molecule has 1 N–H and O–H groups in total. The molecule has 0 aliphatic rings. The average molecular weight is 352 g/mol. The zero-order chi connectivity index (χ0) is 18.7. The van der Waals surface area contributed by atoms with E-state index in [0.717, 1.165) is 10.9 Å². The molecule has 8 heteroatoms. The third-order valence-electron chi connectivity index (χ3n) is 3.97. The van der Waals surface area contributed by atoms with Crippen LogP contribution in [0.4, 0.5) is 5.69 Å². The molecule has 0 saturated carbocycles. The van der Waals surface area contributed by atoms with Crippen LogP contribution in [-0.4, -0.2) is 28.7 Å². The summed E-state index contributed by atoms with van der Waals surface area (Å²) in [6, 6.07) is 13.2. The van der Waals surface area contributed by atoms with Crippen molar-refractivity contribution in [1.82, 2.24) is 9.99 Å². The van der Waals surface area contributed by atoms with Gasteiger partial charge in [0.05, 0.1) is 18.2 Å². The van der Waals surface area contributed by atoms with E-state index >= 15 is 0 Å². The molecule has 0 bridgehead atoms. The van der Waals surface area contributed by atoms with E-state index in [1.807, 2.05) is 18.2 Å². The second kappa shape index (κ2) is 7.06. The number of carbonyl (C=O) groups is 1. The molecule has 26 heavy (non-hydrogen) atoms. The van der Waals surface area contributed by atoms with Crippen LogP contribution in [-0.2, 0) is 7.05 Å². The van der Waals surface area contributed by atoms with Crippen molar-refractivity contribution < 1.29 is 14.5 Å². The highest BCUT2D eigenvalue weighted by molar-refractivity contribution is 5.99. The van der Waals surface area contributed by atoms with Crippen molar-refractivity contribution in [3.05, 3.63) is 69.9 Å². The molecule has 0 spiro atoms. The lowest BCUT2D eigenvalue weighted by atomic mass is 10.2. The normalized spacial score (nSPS) is 11.0. The SMILES string of the molecule is COc1ccc2c(c1)cc(C(=O)N/N=C/c1ccc([N+](=O)[O-])cc1)n2C.